The van der Waals surface area contributed by atoms with Gasteiger partial charge in [0.2, 0.25) is 11.8 Å². The van der Waals surface area contributed by atoms with Crippen molar-refractivity contribution in [1.29, 1.82) is 0 Å². The van der Waals surface area contributed by atoms with Crippen molar-refractivity contribution in [3.8, 4) is 0 Å². The molecule has 0 bridgehead atoms. The molecule has 2 aromatic carbocycles. The maximum absolute atomic E-state index is 12.9. The first-order valence-electron chi connectivity index (χ1n) is 8.01. The van der Waals surface area contributed by atoms with Crippen LogP contribution in [0.5, 0.6) is 0 Å². The first-order valence-corrected chi connectivity index (χ1v) is 9.14. The standard InChI is InChI=1S/C19H19Cl3N2O2/c1-12(19(26)23-2)24(11-14-6-7-16(21)17(22)9-14)18(25)10-13-4-3-5-15(20)8-13/h3-9,12H,10-11H2,1-2H3,(H,23,26)/t12-/m0/s1. The maximum atomic E-state index is 12.9. The molecule has 0 aliphatic rings. The van der Waals surface area contributed by atoms with Crippen molar-refractivity contribution >= 4 is 46.6 Å². The van der Waals surface area contributed by atoms with E-state index >= 15 is 0 Å². The average molecular weight is 414 g/mol. The van der Waals surface area contributed by atoms with E-state index in [2.05, 4.69) is 5.32 Å². The largest absolute Gasteiger partial charge is 0.357 e. The van der Waals surface area contributed by atoms with Crippen molar-refractivity contribution in [2.75, 3.05) is 7.05 Å². The lowest BCUT2D eigenvalue weighted by Crippen LogP contribution is -2.47. The number of carbonyl (C=O) groups excluding carboxylic acids is 2. The van der Waals surface area contributed by atoms with Crippen LogP contribution in [0.3, 0.4) is 0 Å². The number of hydrogen-bond donors (Lipinski definition) is 1. The summed E-state index contributed by atoms with van der Waals surface area (Å²) < 4.78 is 0. The van der Waals surface area contributed by atoms with Crippen molar-refractivity contribution in [3.63, 3.8) is 0 Å². The third-order valence-corrected chi connectivity index (χ3v) is 4.97. The van der Waals surface area contributed by atoms with E-state index < -0.39 is 6.04 Å². The number of amides is 2. The number of halogens is 3. The van der Waals surface area contributed by atoms with E-state index in [1.807, 2.05) is 6.07 Å². The third-order valence-electron chi connectivity index (χ3n) is 4.00. The first-order chi connectivity index (χ1) is 12.3. The zero-order chi connectivity index (χ0) is 19.3. The molecule has 2 amide bonds. The van der Waals surface area contributed by atoms with Gasteiger partial charge in [0.25, 0.3) is 0 Å². The molecule has 2 rings (SSSR count). The molecule has 0 saturated carbocycles. The van der Waals surface area contributed by atoms with E-state index in [1.165, 1.54) is 11.9 Å². The highest BCUT2D eigenvalue weighted by atomic mass is 35.5. The van der Waals surface area contributed by atoms with Gasteiger partial charge < -0.3 is 10.2 Å². The summed E-state index contributed by atoms with van der Waals surface area (Å²) >= 11 is 18.0. The van der Waals surface area contributed by atoms with Crippen molar-refractivity contribution in [3.05, 3.63) is 68.7 Å². The summed E-state index contributed by atoms with van der Waals surface area (Å²) in [5.74, 6) is -0.432. The van der Waals surface area contributed by atoms with Gasteiger partial charge in [-0.05, 0) is 42.3 Å². The molecule has 0 aliphatic heterocycles. The van der Waals surface area contributed by atoms with Crippen LogP contribution in [0.4, 0.5) is 0 Å². The number of hydrogen-bond acceptors (Lipinski definition) is 2. The van der Waals surface area contributed by atoms with Gasteiger partial charge in [-0.2, -0.15) is 0 Å². The van der Waals surface area contributed by atoms with E-state index in [-0.39, 0.29) is 24.8 Å². The highest BCUT2D eigenvalue weighted by molar-refractivity contribution is 6.42. The summed E-state index contributed by atoms with van der Waals surface area (Å²) in [5.41, 5.74) is 1.57. The van der Waals surface area contributed by atoms with E-state index in [1.54, 1.807) is 43.3 Å². The monoisotopic (exact) mass is 412 g/mol. The van der Waals surface area contributed by atoms with Crippen LogP contribution in [0, 0.1) is 0 Å². The lowest BCUT2D eigenvalue weighted by Gasteiger charge is -2.28. The second-order valence-corrected chi connectivity index (χ2v) is 7.12. The minimum Gasteiger partial charge on any atom is -0.357 e. The molecule has 0 radical (unpaired) electrons. The molecule has 2 aromatic rings. The number of benzene rings is 2. The van der Waals surface area contributed by atoms with E-state index in [0.29, 0.717) is 15.1 Å². The Morgan fingerprint density at radius 1 is 1.04 bits per heavy atom. The van der Waals surface area contributed by atoms with Gasteiger partial charge in [0.15, 0.2) is 0 Å². The molecule has 4 nitrogen and oxygen atoms in total. The fourth-order valence-corrected chi connectivity index (χ4v) is 3.08. The van der Waals surface area contributed by atoms with Gasteiger partial charge in [0, 0.05) is 18.6 Å². The molecule has 0 spiro atoms. The molecule has 0 aromatic heterocycles. The fourth-order valence-electron chi connectivity index (χ4n) is 2.55. The third kappa shape index (κ3) is 5.37. The smallest absolute Gasteiger partial charge is 0.242 e. The molecule has 0 saturated heterocycles. The quantitative estimate of drug-likeness (QED) is 0.765. The Bertz CT molecular complexity index is 811. The van der Waals surface area contributed by atoms with Crippen molar-refractivity contribution in [2.45, 2.75) is 25.9 Å². The predicted molar refractivity (Wildman–Crippen MR) is 106 cm³/mol. The molecule has 26 heavy (non-hydrogen) atoms. The number of nitrogens with one attached hydrogen (secondary N) is 1. The number of likely N-dealkylation sites (N-methyl/N-ethyl adjacent to an activating group) is 1. The Morgan fingerprint density at radius 2 is 1.77 bits per heavy atom. The molecule has 0 unspecified atom stereocenters. The lowest BCUT2D eigenvalue weighted by atomic mass is 10.1. The second-order valence-electron chi connectivity index (χ2n) is 5.87. The average Bonchev–Trinajstić information content (AvgIpc) is 2.61. The van der Waals surface area contributed by atoms with Gasteiger partial charge in [-0.1, -0.05) is 53.0 Å². The summed E-state index contributed by atoms with van der Waals surface area (Å²) in [6.45, 7) is 1.93. The minimum absolute atomic E-state index is 0.142. The molecule has 0 fully saturated rings. The zero-order valence-electron chi connectivity index (χ0n) is 14.4. The van der Waals surface area contributed by atoms with Gasteiger partial charge in [-0.15, -0.1) is 0 Å². The lowest BCUT2D eigenvalue weighted by molar-refractivity contribution is -0.139. The normalized spacial score (nSPS) is 11.7. The van der Waals surface area contributed by atoms with Gasteiger partial charge in [0.05, 0.1) is 16.5 Å². The first kappa shape index (κ1) is 20.6. The number of rotatable bonds is 6. The van der Waals surface area contributed by atoms with E-state index in [0.717, 1.165) is 11.1 Å². The number of carbonyl (C=O) groups is 2. The highest BCUT2D eigenvalue weighted by Gasteiger charge is 2.25. The van der Waals surface area contributed by atoms with Crippen LogP contribution in [-0.4, -0.2) is 29.8 Å². The molecule has 0 aliphatic carbocycles. The van der Waals surface area contributed by atoms with Crippen molar-refractivity contribution in [1.82, 2.24) is 10.2 Å². The summed E-state index contributed by atoms with van der Waals surface area (Å²) in [5, 5.41) is 3.98. The summed E-state index contributed by atoms with van der Waals surface area (Å²) in [4.78, 5) is 26.5. The molecule has 0 heterocycles. The summed E-state index contributed by atoms with van der Waals surface area (Å²) in [6.07, 6.45) is 0.142. The van der Waals surface area contributed by atoms with Gasteiger partial charge in [0.1, 0.15) is 6.04 Å². The molecule has 1 atom stereocenters. The van der Waals surface area contributed by atoms with Gasteiger partial charge in [-0.25, -0.2) is 0 Å². The summed E-state index contributed by atoms with van der Waals surface area (Å²) in [7, 11) is 1.54. The highest BCUT2D eigenvalue weighted by Crippen LogP contribution is 2.24. The molecular formula is C19H19Cl3N2O2. The second kappa shape index (κ2) is 9.26. The SMILES string of the molecule is CNC(=O)[C@H](C)N(Cc1ccc(Cl)c(Cl)c1)C(=O)Cc1cccc(Cl)c1. The van der Waals surface area contributed by atoms with Crippen LogP contribution < -0.4 is 5.32 Å². The van der Waals surface area contributed by atoms with Crippen LogP contribution in [0.25, 0.3) is 0 Å². The van der Waals surface area contributed by atoms with E-state index in [9.17, 15) is 9.59 Å². The zero-order valence-corrected chi connectivity index (χ0v) is 16.7. The van der Waals surface area contributed by atoms with Crippen LogP contribution in [0.1, 0.15) is 18.1 Å². The molecule has 1 N–H and O–H groups in total. The van der Waals surface area contributed by atoms with Crippen LogP contribution in [0.15, 0.2) is 42.5 Å². The fraction of sp³-hybridized carbons (Fsp3) is 0.263. The topological polar surface area (TPSA) is 49.4 Å². The van der Waals surface area contributed by atoms with Crippen molar-refractivity contribution in [2.24, 2.45) is 0 Å². The Balaban J connectivity index is 2.26. The Labute approximate surface area is 168 Å². The number of nitrogens with zero attached hydrogens (tertiary/aromatic N) is 1. The van der Waals surface area contributed by atoms with Crippen LogP contribution in [0.2, 0.25) is 15.1 Å². The van der Waals surface area contributed by atoms with E-state index in [4.69, 9.17) is 34.8 Å². The molecular weight excluding hydrogens is 395 g/mol. The van der Waals surface area contributed by atoms with Crippen LogP contribution in [-0.2, 0) is 22.6 Å². The Morgan fingerprint density at radius 3 is 2.38 bits per heavy atom. The van der Waals surface area contributed by atoms with Crippen LogP contribution >= 0.6 is 34.8 Å². The van der Waals surface area contributed by atoms with Gasteiger partial charge >= 0.3 is 0 Å². The molecule has 138 valence electrons. The maximum Gasteiger partial charge on any atom is 0.242 e. The van der Waals surface area contributed by atoms with Crippen molar-refractivity contribution < 1.29 is 9.59 Å². The predicted octanol–water partition coefficient (Wildman–Crippen LogP) is 4.35. The summed E-state index contributed by atoms with van der Waals surface area (Å²) in [6, 6.07) is 11.6. The molecule has 7 heteroatoms. The Kier molecular flexibility index (Phi) is 7.33. The Hall–Kier alpha value is -1.75. The van der Waals surface area contributed by atoms with Gasteiger partial charge in [-0.3, -0.25) is 9.59 Å². The minimum atomic E-state index is -0.638.